The van der Waals surface area contributed by atoms with Crippen molar-refractivity contribution in [1.29, 1.82) is 0 Å². The Morgan fingerprint density at radius 2 is 1.89 bits per heavy atom. The summed E-state index contributed by atoms with van der Waals surface area (Å²) in [5.74, 6) is -0.152. The smallest absolute Gasteiger partial charge is 0.202 e. The summed E-state index contributed by atoms with van der Waals surface area (Å²) < 4.78 is 5.66. The van der Waals surface area contributed by atoms with Crippen molar-refractivity contribution in [3.05, 3.63) is 76.5 Å². The topological polar surface area (TPSA) is 46.5 Å². The number of Topliss-reactive ketones (excluding diaryl/α,β-unsaturated/α-hetero) is 1. The third-order valence-electron chi connectivity index (χ3n) is 5.95. The number of carbonyl (C=O) groups is 1. The minimum atomic E-state index is -0.988. The Labute approximate surface area is 170 Å². The number of benzene rings is 2. The van der Waals surface area contributed by atoms with Crippen LogP contribution in [0.5, 0.6) is 0 Å². The second-order valence-corrected chi connectivity index (χ2v) is 7.86. The molecule has 0 fully saturated rings. The van der Waals surface area contributed by atoms with Crippen LogP contribution in [-0.4, -0.2) is 23.6 Å². The summed E-state index contributed by atoms with van der Waals surface area (Å²) >= 11 is 6.02. The van der Waals surface area contributed by atoms with Crippen molar-refractivity contribution < 1.29 is 14.6 Å². The third-order valence-corrected chi connectivity index (χ3v) is 6.20. The predicted octanol–water partition coefficient (Wildman–Crippen LogP) is 5.77. The van der Waals surface area contributed by atoms with E-state index in [4.69, 9.17) is 16.3 Å². The van der Waals surface area contributed by atoms with Crippen LogP contribution in [0.25, 0.3) is 16.7 Å². The molecule has 0 spiro atoms. The van der Waals surface area contributed by atoms with Crippen molar-refractivity contribution in [1.82, 2.24) is 0 Å². The molecule has 3 nitrogen and oxygen atoms in total. The largest absolute Gasteiger partial charge is 0.511 e. The van der Waals surface area contributed by atoms with Crippen LogP contribution in [0.3, 0.4) is 0 Å². The van der Waals surface area contributed by atoms with Crippen molar-refractivity contribution in [2.75, 3.05) is 7.11 Å². The molecule has 0 amide bonds. The number of aliphatic hydroxyl groups is 1. The maximum Gasteiger partial charge on any atom is 0.202 e. The molecule has 0 aliphatic heterocycles. The zero-order valence-corrected chi connectivity index (χ0v) is 16.8. The fraction of sp³-hybridized carbons (Fsp3) is 0.292. The van der Waals surface area contributed by atoms with Crippen LogP contribution in [0.2, 0.25) is 5.02 Å². The summed E-state index contributed by atoms with van der Waals surface area (Å²) in [4.78, 5) is 13.5. The van der Waals surface area contributed by atoms with Crippen LogP contribution in [-0.2, 0) is 16.0 Å². The fourth-order valence-corrected chi connectivity index (χ4v) is 4.34. The summed E-state index contributed by atoms with van der Waals surface area (Å²) in [5, 5.41) is 11.7. The molecule has 2 unspecified atom stereocenters. The van der Waals surface area contributed by atoms with Crippen LogP contribution in [0.15, 0.2) is 60.4 Å². The Morgan fingerprint density at radius 3 is 2.50 bits per heavy atom. The molecule has 0 radical (unpaired) electrons. The predicted molar refractivity (Wildman–Crippen MR) is 112 cm³/mol. The molecule has 3 aliphatic carbocycles. The van der Waals surface area contributed by atoms with E-state index in [1.165, 1.54) is 0 Å². The van der Waals surface area contributed by atoms with Crippen molar-refractivity contribution >= 4 is 23.0 Å². The zero-order valence-electron chi connectivity index (χ0n) is 16.0. The van der Waals surface area contributed by atoms with Gasteiger partial charge in [-0.05, 0) is 65.8 Å². The van der Waals surface area contributed by atoms with E-state index in [2.05, 4.69) is 6.92 Å². The number of halogens is 1. The summed E-state index contributed by atoms with van der Waals surface area (Å²) in [5.41, 5.74) is 3.21. The number of hydrogen-bond acceptors (Lipinski definition) is 3. The number of aliphatic hydroxyl groups excluding tert-OH is 1. The second kappa shape index (κ2) is 7.23. The number of ether oxygens (including phenoxy) is 1. The normalized spacial score (nSPS) is 24.0. The number of aryl methyl sites for hydroxylation is 1. The Morgan fingerprint density at radius 1 is 1.18 bits per heavy atom. The maximum absolute atomic E-state index is 13.5. The highest BCUT2D eigenvalue weighted by molar-refractivity contribution is 6.30. The Kier molecular flexibility index (Phi) is 4.90. The third kappa shape index (κ3) is 2.99. The minimum Gasteiger partial charge on any atom is -0.511 e. The Balaban J connectivity index is 1.90. The van der Waals surface area contributed by atoms with E-state index in [-0.39, 0.29) is 17.5 Å². The highest BCUT2D eigenvalue weighted by atomic mass is 35.5. The maximum atomic E-state index is 13.5. The van der Waals surface area contributed by atoms with E-state index in [9.17, 15) is 9.90 Å². The average Bonchev–Trinajstić information content (AvgIpc) is 2.90. The van der Waals surface area contributed by atoms with Crippen LogP contribution in [0.4, 0.5) is 0 Å². The standard InChI is InChI=1S/C24H23ClO3/c1-3-15-4-5-18(16-6-8-19(25)9-7-16)14-20(15)21-22(26)17-10-12-24(28-2,13-11-17)23(21)27/h4-10,12,14,17,26H,3,11,13H2,1-2H3. The molecule has 0 saturated carbocycles. The molecule has 2 aromatic carbocycles. The van der Waals surface area contributed by atoms with Crippen LogP contribution >= 0.6 is 11.6 Å². The SMILES string of the molecule is CCc1ccc(-c2ccc(Cl)cc2)cc1C1=C(O)C2C=CC(OC)(CC2)C1=O. The van der Waals surface area contributed by atoms with E-state index in [1.807, 2.05) is 54.6 Å². The summed E-state index contributed by atoms with van der Waals surface area (Å²) in [6, 6.07) is 13.7. The van der Waals surface area contributed by atoms with Crippen molar-refractivity contribution in [2.24, 2.45) is 5.92 Å². The molecule has 0 saturated heterocycles. The van der Waals surface area contributed by atoms with Gasteiger partial charge in [0.2, 0.25) is 5.78 Å². The fourth-order valence-electron chi connectivity index (χ4n) is 4.21. The quantitative estimate of drug-likeness (QED) is 0.669. The van der Waals surface area contributed by atoms with Gasteiger partial charge in [-0.3, -0.25) is 4.79 Å². The first-order valence-corrected chi connectivity index (χ1v) is 9.98. The van der Waals surface area contributed by atoms with Crippen molar-refractivity contribution in [3.8, 4) is 11.1 Å². The van der Waals surface area contributed by atoms with Crippen molar-refractivity contribution in [2.45, 2.75) is 31.8 Å². The molecule has 4 heteroatoms. The van der Waals surface area contributed by atoms with Gasteiger partial charge in [0.25, 0.3) is 0 Å². The van der Waals surface area contributed by atoms with Gasteiger partial charge >= 0.3 is 0 Å². The lowest BCUT2D eigenvalue weighted by Gasteiger charge is -2.29. The molecule has 0 aromatic heterocycles. The van der Waals surface area contributed by atoms with E-state index in [1.54, 1.807) is 7.11 Å². The van der Waals surface area contributed by atoms with E-state index >= 15 is 0 Å². The second-order valence-electron chi connectivity index (χ2n) is 7.42. The molecule has 2 bridgehead atoms. The highest BCUT2D eigenvalue weighted by Gasteiger charge is 2.46. The highest BCUT2D eigenvalue weighted by Crippen LogP contribution is 2.44. The van der Waals surface area contributed by atoms with E-state index in [0.717, 1.165) is 28.7 Å². The Bertz CT molecular complexity index is 987. The lowest BCUT2D eigenvalue weighted by molar-refractivity contribution is -0.130. The first kappa shape index (κ1) is 19.0. The first-order valence-electron chi connectivity index (χ1n) is 9.60. The van der Waals surface area contributed by atoms with Gasteiger partial charge in [-0.1, -0.05) is 48.9 Å². The van der Waals surface area contributed by atoms with Gasteiger partial charge in [0.1, 0.15) is 11.4 Å². The number of fused-ring (bicyclic) bond motifs is 2. The van der Waals surface area contributed by atoms with Gasteiger partial charge < -0.3 is 9.84 Å². The summed E-state index contributed by atoms with van der Waals surface area (Å²) in [7, 11) is 1.56. The van der Waals surface area contributed by atoms with Crippen LogP contribution in [0.1, 0.15) is 30.9 Å². The zero-order chi connectivity index (χ0) is 19.9. The van der Waals surface area contributed by atoms with Crippen LogP contribution in [0, 0.1) is 5.92 Å². The lowest BCUT2D eigenvalue weighted by atomic mass is 9.83. The molecule has 1 N–H and O–H groups in total. The number of allylic oxidation sites excluding steroid dienone is 1. The molecule has 5 rings (SSSR count). The monoisotopic (exact) mass is 394 g/mol. The van der Waals surface area contributed by atoms with Gasteiger partial charge in [-0.15, -0.1) is 0 Å². The molecule has 3 aliphatic rings. The molecule has 2 atom stereocenters. The number of methoxy groups -OCH3 is 1. The number of rotatable bonds is 4. The number of carbonyl (C=O) groups excluding carboxylic acids is 1. The molecular weight excluding hydrogens is 372 g/mol. The van der Waals surface area contributed by atoms with E-state index < -0.39 is 5.60 Å². The van der Waals surface area contributed by atoms with Crippen LogP contribution < -0.4 is 0 Å². The molecule has 144 valence electrons. The Hall–Kier alpha value is -2.36. The summed E-state index contributed by atoms with van der Waals surface area (Å²) in [6.07, 6.45) is 5.76. The summed E-state index contributed by atoms with van der Waals surface area (Å²) in [6.45, 7) is 2.05. The van der Waals surface area contributed by atoms with Gasteiger partial charge in [0.15, 0.2) is 0 Å². The minimum absolute atomic E-state index is 0.145. The van der Waals surface area contributed by atoms with Gasteiger partial charge in [0.05, 0.1) is 5.57 Å². The number of hydrogen-bond donors (Lipinski definition) is 1. The van der Waals surface area contributed by atoms with Gasteiger partial charge in [0, 0.05) is 18.1 Å². The molecular formula is C24H23ClO3. The number of ketones is 1. The average molecular weight is 395 g/mol. The van der Waals surface area contributed by atoms with E-state index in [0.29, 0.717) is 23.4 Å². The molecule has 2 aromatic rings. The van der Waals surface area contributed by atoms with Gasteiger partial charge in [-0.25, -0.2) is 0 Å². The first-order chi connectivity index (χ1) is 13.5. The molecule has 0 heterocycles. The lowest BCUT2D eigenvalue weighted by Crippen LogP contribution is -2.39. The molecule has 28 heavy (non-hydrogen) atoms. The van der Waals surface area contributed by atoms with Crippen molar-refractivity contribution in [3.63, 3.8) is 0 Å². The van der Waals surface area contributed by atoms with Gasteiger partial charge in [-0.2, -0.15) is 0 Å².